The van der Waals surface area contributed by atoms with Gasteiger partial charge < -0.3 is 20.1 Å². The summed E-state index contributed by atoms with van der Waals surface area (Å²) < 4.78 is 11.8. The van der Waals surface area contributed by atoms with E-state index >= 15 is 0 Å². The second kappa shape index (κ2) is 9.65. The first-order valence-corrected chi connectivity index (χ1v) is 10.3. The van der Waals surface area contributed by atoms with Crippen LogP contribution < -0.4 is 10.6 Å². The van der Waals surface area contributed by atoms with Crippen LogP contribution >= 0.6 is 11.6 Å². The maximum absolute atomic E-state index is 12.7. The summed E-state index contributed by atoms with van der Waals surface area (Å²) in [6, 6.07) is 5.93. The highest BCUT2D eigenvalue weighted by Crippen LogP contribution is 2.31. The zero-order valence-corrected chi connectivity index (χ0v) is 18.2. The van der Waals surface area contributed by atoms with Gasteiger partial charge in [-0.3, -0.25) is 0 Å². The van der Waals surface area contributed by atoms with Crippen molar-refractivity contribution in [2.45, 2.75) is 26.8 Å². The first-order valence-electron chi connectivity index (χ1n) is 9.76. The average Bonchev–Trinajstić information content (AvgIpc) is 3.19. The molecule has 1 aromatic carbocycles. The van der Waals surface area contributed by atoms with E-state index in [2.05, 4.69) is 15.7 Å². The maximum atomic E-state index is 12.7. The number of alkyl halides is 1. The van der Waals surface area contributed by atoms with Gasteiger partial charge in [-0.05, 0) is 32.9 Å². The summed E-state index contributed by atoms with van der Waals surface area (Å²) in [6.45, 7) is 5.57. The molecule has 9 nitrogen and oxygen atoms in total. The lowest BCUT2D eigenvalue weighted by atomic mass is 9.95. The normalized spacial score (nSPS) is 15.9. The van der Waals surface area contributed by atoms with Gasteiger partial charge in [0.05, 0.1) is 36.4 Å². The van der Waals surface area contributed by atoms with Crippen LogP contribution in [0.3, 0.4) is 0 Å². The Morgan fingerprint density at radius 2 is 1.77 bits per heavy atom. The molecule has 1 aliphatic heterocycles. The summed E-state index contributed by atoms with van der Waals surface area (Å²) in [6.07, 6.45) is 1.58. The van der Waals surface area contributed by atoms with Gasteiger partial charge in [0, 0.05) is 17.5 Å². The molecule has 2 aromatic rings. The number of aromatic nitrogens is 2. The fourth-order valence-electron chi connectivity index (χ4n) is 3.19. The number of amides is 2. The lowest BCUT2D eigenvalue weighted by Crippen LogP contribution is -2.46. The number of hydrogen-bond donors (Lipinski definition) is 2. The van der Waals surface area contributed by atoms with Gasteiger partial charge >= 0.3 is 18.0 Å². The van der Waals surface area contributed by atoms with Crippen LogP contribution in [-0.2, 0) is 14.3 Å². The third-order valence-electron chi connectivity index (χ3n) is 4.60. The van der Waals surface area contributed by atoms with Gasteiger partial charge in [0.2, 0.25) is 0 Å². The van der Waals surface area contributed by atoms with Gasteiger partial charge in [0.25, 0.3) is 0 Å². The number of nitrogens with one attached hydrogen (secondary N) is 2. The fourth-order valence-corrected chi connectivity index (χ4v) is 3.40. The minimum absolute atomic E-state index is 0.0228. The Morgan fingerprint density at radius 3 is 2.39 bits per heavy atom. The van der Waals surface area contributed by atoms with E-state index in [-0.39, 0.29) is 36.1 Å². The highest BCUT2D eigenvalue weighted by Gasteiger charge is 2.37. The third-order valence-corrected chi connectivity index (χ3v) is 4.87. The van der Waals surface area contributed by atoms with Gasteiger partial charge in [-0.2, -0.15) is 5.10 Å². The molecule has 1 aromatic heterocycles. The molecule has 10 heteroatoms. The molecule has 164 valence electrons. The lowest BCUT2D eigenvalue weighted by Gasteiger charge is -2.28. The SMILES string of the molecule is CCOC(=O)C1=C(CCl)NC(=O)N[C@@H]1c1cn(-c2ccc(C)cc2)nc1C(=O)OCC. The van der Waals surface area contributed by atoms with Crippen molar-refractivity contribution >= 4 is 29.6 Å². The molecule has 0 spiro atoms. The van der Waals surface area contributed by atoms with E-state index in [1.807, 2.05) is 31.2 Å². The summed E-state index contributed by atoms with van der Waals surface area (Å²) in [5.74, 6) is -1.46. The van der Waals surface area contributed by atoms with E-state index in [1.165, 1.54) is 4.68 Å². The number of urea groups is 1. The van der Waals surface area contributed by atoms with E-state index in [0.29, 0.717) is 11.3 Å². The molecule has 1 atom stereocenters. The molecule has 0 aliphatic carbocycles. The Balaban J connectivity index is 2.17. The quantitative estimate of drug-likeness (QED) is 0.499. The molecular weight excluding hydrogens is 424 g/mol. The number of allylic oxidation sites excluding steroid dienone is 1. The van der Waals surface area contributed by atoms with Crippen molar-refractivity contribution in [2.24, 2.45) is 0 Å². The first-order chi connectivity index (χ1) is 14.9. The molecule has 2 N–H and O–H groups in total. The molecule has 0 fully saturated rings. The number of rotatable bonds is 7. The number of aryl methyl sites for hydroxylation is 1. The van der Waals surface area contributed by atoms with Crippen molar-refractivity contribution in [1.29, 1.82) is 0 Å². The smallest absolute Gasteiger partial charge is 0.359 e. The number of carbonyl (C=O) groups is 3. The Kier molecular flexibility index (Phi) is 6.96. The Hall–Kier alpha value is -3.33. The van der Waals surface area contributed by atoms with Gasteiger partial charge in [0.1, 0.15) is 0 Å². The minimum atomic E-state index is -1.000. The largest absolute Gasteiger partial charge is 0.463 e. The number of halogens is 1. The number of hydrogen-bond acceptors (Lipinski definition) is 6. The zero-order valence-electron chi connectivity index (χ0n) is 17.4. The van der Waals surface area contributed by atoms with Crippen molar-refractivity contribution in [3.05, 3.63) is 58.6 Å². The second-order valence-electron chi connectivity index (χ2n) is 6.71. The second-order valence-corrected chi connectivity index (χ2v) is 6.98. The standard InChI is InChI=1S/C21H23ClN4O5/c1-4-30-19(27)16-15(10-22)23-21(29)24-17(16)14-11-26(13-8-6-12(3)7-9-13)25-18(14)20(28)31-5-2/h6-9,11,17H,4-5,10H2,1-3H3,(H2,23,24,29)/t17-/m1/s1. The van der Waals surface area contributed by atoms with Crippen LogP contribution in [0.1, 0.15) is 41.5 Å². The monoisotopic (exact) mass is 446 g/mol. The molecule has 3 rings (SSSR count). The van der Waals surface area contributed by atoms with Crippen LogP contribution in [0.5, 0.6) is 0 Å². The summed E-state index contributed by atoms with van der Waals surface area (Å²) in [5.41, 5.74) is 2.33. The minimum Gasteiger partial charge on any atom is -0.463 e. The molecule has 0 unspecified atom stereocenters. The van der Waals surface area contributed by atoms with Gasteiger partial charge in [-0.15, -0.1) is 11.6 Å². The van der Waals surface area contributed by atoms with Crippen LogP contribution in [0, 0.1) is 6.92 Å². The molecule has 0 radical (unpaired) electrons. The van der Waals surface area contributed by atoms with Crippen LogP contribution in [0.2, 0.25) is 0 Å². The van der Waals surface area contributed by atoms with Crippen molar-refractivity contribution in [3.63, 3.8) is 0 Å². The molecule has 0 saturated carbocycles. The van der Waals surface area contributed by atoms with Crippen molar-refractivity contribution in [3.8, 4) is 5.69 Å². The predicted octanol–water partition coefficient (Wildman–Crippen LogP) is 2.77. The molecule has 31 heavy (non-hydrogen) atoms. The number of esters is 2. The van der Waals surface area contributed by atoms with Crippen molar-refractivity contribution in [2.75, 3.05) is 19.1 Å². The van der Waals surface area contributed by atoms with Crippen molar-refractivity contribution in [1.82, 2.24) is 20.4 Å². The fraction of sp³-hybridized carbons (Fsp3) is 0.333. The summed E-state index contributed by atoms with van der Waals surface area (Å²) >= 11 is 5.98. The summed E-state index contributed by atoms with van der Waals surface area (Å²) in [7, 11) is 0. The van der Waals surface area contributed by atoms with Gasteiger partial charge in [-0.1, -0.05) is 17.7 Å². The van der Waals surface area contributed by atoms with Gasteiger partial charge in [-0.25, -0.2) is 19.1 Å². The third kappa shape index (κ3) is 4.72. The van der Waals surface area contributed by atoms with E-state index < -0.39 is 24.0 Å². The van der Waals surface area contributed by atoms with Crippen LogP contribution in [0.4, 0.5) is 4.79 Å². The predicted molar refractivity (Wildman–Crippen MR) is 113 cm³/mol. The molecule has 0 bridgehead atoms. The van der Waals surface area contributed by atoms with Gasteiger partial charge in [0.15, 0.2) is 5.69 Å². The van der Waals surface area contributed by atoms with E-state index in [4.69, 9.17) is 21.1 Å². The number of benzene rings is 1. The van der Waals surface area contributed by atoms with E-state index in [9.17, 15) is 14.4 Å². The molecule has 0 saturated heterocycles. The first kappa shape index (κ1) is 22.4. The lowest BCUT2D eigenvalue weighted by molar-refractivity contribution is -0.139. The van der Waals surface area contributed by atoms with Crippen molar-refractivity contribution < 1.29 is 23.9 Å². The number of ether oxygens (including phenoxy) is 2. The Bertz CT molecular complexity index is 1030. The van der Waals surface area contributed by atoms with E-state index in [0.717, 1.165) is 5.56 Å². The highest BCUT2D eigenvalue weighted by molar-refractivity contribution is 6.20. The average molecular weight is 447 g/mol. The highest BCUT2D eigenvalue weighted by atomic mass is 35.5. The topological polar surface area (TPSA) is 112 Å². The molecule has 2 amide bonds. The Morgan fingerprint density at radius 1 is 1.13 bits per heavy atom. The van der Waals surface area contributed by atoms with E-state index in [1.54, 1.807) is 20.0 Å². The number of carbonyl (C=O) groups excluding carboxylic acids is 3. The number of nitrogens with zero attached hydrogens (tertiary/aromatic N) is 2. The molecular formula is C21H23ClN4O5. The van der Waals surface area contributed by atoms with Crippen LogP contribution in [-0.4, -0.2) is 46.8 Å². The molecule has 1 aliphatic rings. The Labute approximate surface area is 184 Å². The van der Waals surface area contributed by atoms with Crippen LogP contribution in [0.15, 0.2) is 41.7 Å². The zero-order chi connectivity index (χ0) is 22.5. The molecule has 2 heterocycles. The van der Waals surface area contributed by atoms with Crippen LogP contribution in [0.25, 0.3) is 5.69 Å². The summed E-state index contributed by atoms with van der Waals surface area (Å²) in [4.78, 5) is 37.6. The maximum Gasteiger partial charge on any atom is 0.359 e. The summed E-state index contributed by atoms with van der Waals surface area (Å²) in [5, 5.41) is 9.58.